The van der Waals surface area contributed by atoms with Crippen LogP contribution in [0.15, 0.2) is 18.2 Å². The van der Waals surface area contributed by atoms with Crippen molar-refractivity contribution in [3.63, 3.8) is 0 Å². The molecule has 1 atom stereocenters. The number of hydrogen-bond donors (Lipinski definition) is 1. The number of benzene rings is 1. The van der Waals surface area contributed by atoms with Gasteiger partial charge in [0.05, 0.1) is 0 Å². The molecule has 1 aliphatic rings. The highest BCUT2D eigenvalue weighted by molar-refractivity contribution is 5.58. The fraction of sp³-hybridized carbons (Fsp3) is 0.538. The lowest BCUT2D eigenvalue weighted by Gasteiger charge is -2.36. The van der Waals surface area contributed by atoms with Crippen molar-refractivity contribution < 1.29 is 0 Å². The van der Waals surface area contributed by atoms with Crippen LogP contribution in [0.2, 0.25) is 0 Å². The lowest BCUT2D eigenvalue weighted by Crippen LogP contribution is -2.23. The summed E-state index contributed by atoms with van der Waals surface area (Å²) in [4.78, 5) is 0. The first-order valence-corrected chi connectivity index (χ1v) is 5.34. The first-order chi connectivity index (χ1) is 6.47. The minimum Gasteiger partial charge on any atom is -0.398 e. The van der Waals surface area contributed by atoms with Crippen molar-refractivity contribution in [3.05, 3.63) is 29.3 Å². The van der Waals surface area contributed by atoms with E-state index >= 15 is 0 Å². The molecule has 0 saturated heterocycles. The molecular weight excluding hydrogens is 170 g/mol. The lowest BCUT2D eigenvalue weighted by molar-refractivity contribution is 0.324. The maximum Gasteiger partial charge on any atom is 0.0352 e. The molecular formula is C13H19N. The van der Waals surface area contributed by atoms with Gasteiger partial charge in [-0.3, -0.25) is 0 Å². The summed E-state index contributed by atoms with van der Waals surface area (Å²) in [6.45, 7) is 6.89. The summed E-state index contributed by atoms with van der Waals surface area (Å²) in [6, 6.07) is 6.28. The highest BCUT2D eigenvalue weighted by atomic mass is 14.6. The standard InChI is InChI=1S/C13H19N/c1-13(2,3)8-10-7-9-5-4-6-11(14)12(9)10/h4-6,10H,7-8,14H2,1-3H3. The molecule has 0 bridgehead atoms. The van der Waals surface area contributed by atoms with Gasteiger partial charge < -0.3 is 5.73 Å². The Morgan fingerprint density at radius 1 is 1.36 bits per heavy atom. The zero-order valence-electron chi connectivity index (χ0n) is 9.30. The lowest BCUT2D eigenvalue weighted by atomic mass is 9.69. The van der Waals surface area contributed by atoms with Gasteiger partial charge >= 0.3 is 0 Å². The molecule has 1 aromatic carbocycles. The van der Waals surface area contributed by atoms with Crippen molar-refractivity contribution >= 4 is 5.69 Å². The van der Waals surface area contributed by atoms with Crippen LogP contribution in [-0.4, -0.2) is 0 Å². The number of anilines is 1. The van der Waals surface area contributed by atoms with E-state index in [1.165, 1.54) is 24.0 Å². The normalized spacial score (nSPS) is 20.1. The minimum absolute atomic E-state index is 0.407. The molecule has 0 radical (unpaired) electrons. The van der Waals surface area contributed by atoms with E-state index in [1.807, 2.05) is 6.07 Å². The SMILES string of the molecule is CC(C)(C)CC1Cc2cccc(N)c21. The van der Waals surface area contributed by atoms with Gasteiger partial charge in [-0.15, -0.1) is 0 Å². The Kier molecular flexibility index (Phi) is 2.06. The van der Waals surface area contributed by atoms with Gasteiger partial charge in [0.15, 0.2) is 0 Å². The van der Waals surface area contributed by atoms with Gasteiger partial charge in [-0.05, 0) is 41.4 Å². The van der Waals surface area contributed by atoms with Crippen molar-refractivity contribution in [2.24, 2.45) is 5.41 Å². The molecule has 76 valence electrons. The number of fused-ring (bicyclic) bond motifs is 1. The summed E-state index contributed by atoms with van der Waals surface area (Å²) in [5.41, 5.74) is 10.3. The van der Waals surface area contributed by atoms with Crippen molar-refractivity contribution in [2.45, 2.75) is 39.5 Å². The third-order valence-electron chi connectivity index (χ3n) is 2.96. The molecule has 14 heavy (non-hydrogen) atoms. The molecule has 1 unspecified atom stereocenters. The Hall–Kier alpha value is -0.980. The topological polar surface area (TPSA) is 26.0 Å². The molecule has 0 aliphatic heterocycles. The Labute approximate surface area is 86.3 Å². The summed E-state index contributed by atoms with van der Waals surface area (Å²) in [7, 11) is 0. The predicted molar refractivity (Wildman–Crippen MR) is 61.4 cm³/mol. The highest BCUT2D eigenvalue weighted by Crippen LogP contribution is 2.45. The summed E-state index contributed by atoms with van der Waals surface area (Å²) >= 11 is 0. The van der Waals surface area contributed by atoms with Crippen LogP contribution in [0, 0.1) is 5.41 Å². The quantitative estimate of drug-likeness (QED) is 0.674. The van der Waals surface area contributed by atoms with Crippen LogP contribution in [0.1, 0.15) is 44.2 Å². The number of hydrogen-bond acceptors (Lipinski definition) is 1. The average Bonchev–Trinajstić information content (AvgIpc) is 1.97. The van der Waals surface area contributed by atoms with Gasteiger partial charge in [-0.1, -0.05) is 32.9 Å². The molecule has 0 aromatic heterocycles. The Bertz CT molecular complexity index is 332. The maximum atomic E-state index is 5.98. The highest BCUT2D eigenvalue weighted by Gasteiger charge is 2.31. The van der Waals surface area contributed by atoms with Crippen molar-refractivity contribution in [3.8, 4) is 0 Å². The van der Waals surface area contributed by atoms with Gasteiger partial charge in [0.2, 0.25) is 0 Å². The van der Waals surface area contributed by atoms with Crippen LogP contribution in [0.4, 0.5) is 5.69 Å². The number of nitrogens with two attached hydrogens (primary N) is 1. The summed E-state index contributed by atoms with van der Waals surface area (Å²) < 4.78 is 0. The van der Waals surface area contributed by atoms with Gasteiger partial charge in [0.25, 0.3) is 0 Å². The van der Waals surface area contributed by atoms with E-state index in [9.17, 15) is 0 Å². The van der Waals surface area contributed by atoms with Gasteiger partial charge in [0.1, 0.15) is 0 Å². The van der Waals surface area contributed by atoms with E-state index in [1.54, 1.807) is 0 Å². The zero-order valence-corrected chi connectivity index (χ0v) is 9.30. The Morgan fingerprint density at radius 2 is 2.07 bits per heavy atom. The third-order valence-corrected chi connectivity index (χ3v) is 2.96. The monoisotopic (exact) mass is 189 g/mol. The molecule has 1 aliphatic carbocycles. The van der Waals surface area contributed by atoms with E-state index in [4.69, 9.17) is 5.73 Å². The van der Waals surface area contributed by atoms with Crippen LogP contribution in [0.5, 0.6) is 0 Å². The molecule has 0 saturated carbocycles. The van der Waals surface area contributed by atoms with E-state index in [-0.39, 0.29) is 0 Å². The predicted octanol–water partition coefficient (Wildman–Crippen LogP) is 3.34. The van der Waals surface area contributed by atoms with E-state index < -0.39 is 0 Å². The van der Waals surface area contributed by atoms with E-state index in [0.29, 0.717) is 11.3 Å². The summed E-state index contributed by atoms with van der Waals surface area (Å²) in [6.07, 6.45) is 2.46. The zero-order chi connectivity index (χ0) is 10.3. The average molecular weight is 189 g/mol. The smallest absolute Gasteiger partial charge is 0.0352 e. The molecule has 0 spiro atoms. The largest absolute Gasteiger partial charge is 0.398 e. The van der Waals surface area contributed by atoms with E-state index in [2.05, 4.69) is 32.9 Å². The minimum atomic E-state index is 0.407. The molecule has 1 aromatic rings. The second-order valence-electron chi connectivity index (χ2n) is 5.59. The number of nitrogen functional groups attached to an aromatic ring is 1. The van der Waals surface area contributed by atoms with Gasteiger partial charge in [-0.25, -0.2) is 0 Å². The molecule has 1 heteroatoms. The molecule has 0 heterocycles. The maximum absolute atomic E-state index is 5.98. The Balaban J connectivity index is 2.19. The van der Waals surface area contributed by atoms with Crippen LogP contribution in [0.25, 0.3) is 0 Å². The third kappa shape index (κ3) is 1.63. The molecule has 2 N–H and O–H groups in total. The van der Waals surface area contributed by atoms with Gasteiger partial charge in [0, 0.05) is 5.69 Å². The molecule has 2 rings (SSSR count). The molecule has 0 fully saturated rings. The van der Waals surface area contributed by atoms with Crippen molar-refractivity contribution in [2.75, 3.05) is 5.73 Å². The first-order valence-electron chi connectivity index (χ1n) is 5.34. The first kappa shape index (κ1) is 9.57. The second kappa shape index (κ2) is 3.01. The fourth-order valence-corrected chi connectivity index (χ4v) is 2.46. The Morgan fingerprint density at radius 3 is 2.64 bits per heavy atom. The molecule has 1 nitrogen and oxygen atoms in total. The van der Waals surface area contributed by atoms with Crippen molar-refractivity contribution in [1.82, 2.24) is 0 Å². The van der Waals surface area contributed by atoms with Crippen molar-refractivity contribution in [1.29, 1.82) is 0 Å². The number of rotatable bonds is 1. The van der Waals surface area contributed by atoms with E-state index in [0.717, 1.165) is 5.69 Å². The van der Waals surface area contributed by atoms with Gasteiger partial charge in [-0.2, -0.15) is 0 Å². The van der Waals surface area contributed by atoms with Crippen LogP contribution >= 0.6 is 0 Å². The summed E-state index contributed by atoms with van der Waals surface area (Å²) in [5, 5.41) is 0. The van der Waals surface area contributed by atoms with Crippen LogP contribution in [-0.2, 0) is 6.42 Å². The van der Waals surface area contributed by atoms with Crippen LogP contribution < -0.4 is 5.73 Å². The summed E-state index contributed by atoms with van der Waals surface area (Å²) in [5.74, 6) is 0.700. The second-order valence-corrected chi connectivity index (χ2v) is 5.59. The fourth-order valence-electron chi connectivity index (χ4n) is 2.46. The van der Waals surface area contributed by atoms with Crippen LogP contribution in [0.3, 0.4) is 0 Å². The molecule has 0 amide bonds.